The minimum Gasteiger partial charge on any atom is -0.324 e. The first-order valence-electron chi connectivity index (χ1n) is 12.5. The molecule has 220 valence electrons. The molecule has 0 saturated heterocycles. The highest BCUT2D eigenvalue weighted by molar-refractivity contribution is 8.00. The molecule has 0 atom stereocenters. The number of amides is 3. The number of anilines is 2. The van der Waals surface area contributed by atoms with E-state index in [0.29, 0.717) is 26.7 Å². The Hall–Kier alpha value is -4.25. The van der Waals surface area contributed by atoms with Crippen molar-refractivity contribution in [1.29, 1.82) is 0 Å². The Labute approximate surface area is 259 Å². The average Bonchev–Trinajstić information content (AvgIpc) is 2.97. The number of carbonyl (C=O) groups is 3. The molecule has 0 aliphatic heterocycles. The van der Waals surface area contributed by atoms with Crippen molar-refractivity contribution >= 4 is 70.1 Å². The van der Waals surface area contributed by atoms with Crippen LogP contribution in [0.15, 0.2) is 108 Å². The van der Waals surface area contributed by atoms with Gasteiger partial charge in [0.25, 0.3) is 11.8 Å². The summed E-state index contributed by atoms with van der Waals surface area (Å²) in [5, 5.41) is 8.20. The number of nitrogens with one attached hydrogen (secondary N) is 3. The van der Waals surface area contributed by atoms with Crippen LogP contribution in [0.5, 0.6) is 0 Å². The number of benzene rings is 4. The van der Waals surface area contributed by atoms with Crippen LogP contribution in [0, 0.1) is 0 Å². The van der Waals surface area contributed by atoms with Crippen LogP contribution < -0.4 is 16.0 Å². The standard InChI is InChI=1S/C31H22Cl2F3N3O3S/c32-22-9-4-6-19(14-22)15-27(39-29(41)20-7-2-1-3-8-20)30(42)37-23-10-5-11-24(17-23)43-18-28(40)38-26-16-21(31(34,35)36)12-13-25(26)33/h1-17H,18H2,(H,37,42)(H,38,40)(H,39,41)/b27-15-. The van der Waals surface area contributed by atoms with Gasteiger partial charge in [-0.2, -0.15) is 13.2 Å². The molecule has 43 heavy (non-hydrogen) atoms. The molecule has 3 N–H and O–H groups in total. The van der Waals surface area contributed by atoms with E-state index < -0.39 is 29.5 Å². The molecule has 0 fully saturated rings. The maximum atomic E-state index is 13.3. The Balaban J connectivity index is 1.45. The molecule has 0 spiro atoms. The van der Waals surface area contributed by atoms with Crippen LogP contribution in [0.2, 0.25) is 10.0 Å². The van der Waals surface area contributed by atoms with E-state index in [2.05, 4.69) is 16.0 Å². The molecule has 4 aromatic rings. The van der Waals surface area contributed by atoms with E-state index in [-0.39, 0.29) is 22.2 Å². The summed E-state index contributed by atoms with van der Waals surface area (Å²) in [7, 11) is 0. The summed E-state index contributed by atoms with van der Waals surface area (Å²) < 4.78 is 39.1. The molecule has 6 nitrogen and oxygen atoms in total. The molecular formula is C31H22Cl2F3N3O3S. The van der Waals surface area contributed by atoms with Gasteiger partial charge in [-0.25, -0.2) is 0 Å². The summed E-state index contributed by atoms with van der Waals surface area (Å²) in [5.41, 5.74) is 0.193. The Morgan fingerprint density at radius 1 is 0.814 bits per heavy atom. The van der Waals surface area contributed by atoms with Crippen molar-refractivity contribution in [3.05, 3.63) is 129 Å². The predicted octanol–water partition coefficient (Wildman–Crippen LogP) is 8.15. The quantitative estimate of drug-likeness (QED) is 0.127. The molecule has 0 aliphatic rings. The van der Waals surface area contributed by atoms with E-state index in [1.807, 2.05) is 0 Å². The lowest BCUT2D eigenvalue weighted by Gasteiger charge is -2.13. The topological polar surface area (TPSA) is 87.3 Å². The van der Waals surface area contributed by atoms with E-state index in [4.69, 9.17) is 23.2 Å². The van der Waals surface area contributed by atoms with Crippen molar-refractivity contribution < 1.29 is 27.6 Å². The summed E-state index contributed by atoms with van der Waals surface area (Å²) in [4.78, 5) is 39.2. The third kappa shape index (κ3) is 9.37. The van der Waals surface area contributed by atoms with E-state index in [0.717, 1.165) is 30.0 Å². The molecule has 0 unspecified atom stereocenters. The summed E-state index contributed by atoms with van der Waals surface area (Å²) in [6.45, 7) is 0. The smallest absolute Gasteiger partial charge is 0.324 e. The maximum absolute atomic E-state index is 13.3. The van der Waals surface area contributed by atoms with E-state index in [1.54, 1.807) is 78.9 Å². The summed E-state index contributed by atoms with van der Waals surface area (Å²) in [6, 6.07) is 24.4. The van der Waals surface area contributed by atoms with Crippen LogP contribution >= 0.6 is 35.0 Å². The van der Waals surface area contributed by atoms with Gasteiger partial charge in [0.15, 0.2) is 0 Å². The van der Waals surface area contributed by atoms with Crippen LogP contribution in [-0.4, -0.2) is 23.5 Å². The number of carbonyl (C=O) groups excluding carboxylic acids is 3. The third-order valence-corrected chi connectivity index (χ3v) is 7.28. The van der Waals surface area contributed by atoms with Crippen molar-refractivity contribution in [3.63, 3.8) is 0 Å². The maximum Gasteiger partial charge on any atom is 0.416 e. The molecule has 0 heterocycles. The second-order valence-corrected chi connectivity index (χ2v) is 10.8. The zero-order valence-corrected chi connectivity index (χ0v) is 24.4. The average molecular weight is 645 g/mol. The second-order valence-electron chi connectivity index (χ2n) is 8.94. The summed E-state index contributed by atoms with van der Waals surface area (Å²) in [6.07, 6.45) is -3.10. The van der Waals surface area contributed by atoms with Crippen LogP contribution in [0.3, 0.4) is 0 Å². The molecule has 3 amide bonds. The lowest BCUT2D eigenvalue weighted by molar-refractivity contribution is -0.137. The highest BCUT2D eigenvalue weighted by Gasteiger charge is 2.31. The number of hydrogen-bond donors (Lipinski definition) is 3. The van der Waals surface area contributed by atoms with Gasteiger partial charge in [0.05, 0.1) is 22.0 Å². The summed E-state index contributed by atoms with van der Waals surface area (Å²) >= 11 is 13.1. The van der Waals surface area contributed by atoms with Gasteiger partial charge in [-0.15, -0.1) is 11.8 Å². The monoisotopic (exact) mass is 643 g/mol. The van der Waals surface area contributed by atoms with Gasteiger partial charge < -0.3 is 16.0 Å². The summed E-state index contributed by atoms with van der Waals surface area (Å²) in [5.74, 6) is -1.81. The Morgan fingerprint density at radius 3 is 2.28 bits per heavy atom. The van der Waals surface area contributed by atoms with E-state index in [9.17, 15) is 27.6 Å². The first kappa shape index (κ1) is 31.7. The molecule has 0 saturated carbocycles. The highest BCUT2D eigenvalue weighted by Crippen LogP contribution is 2.34. The van der Waals surface area contributed by atoms with Gasteiger partial charge in [0.2, 0.25) is 5.91 Å². The minimum atomic E-state index is -4.59. The lowest BCUT2D eigenvalue weighted by atomic mass is 10.1. The Morgan fingerprint density at radius 2 is 1.56 bits per heavy atom. The molecule has 4 aromatic carbocycles. The highest BCUT2D eigenvalue weighted by atomic mass is 35.5. The molecule has 0 radical (unpaired) electrons. The van der Waals surface area contributed by atoms with Crippen molar-refractivity contribution in [2.45, 2.75) is 11.1 Å². The van der Waals surface area contributed by atoms with Gasteiger partial charge >= 0.3 is 6.18 Å². The number of hydrogen-bond acceptors (Lipinski definition) is 4. The fourth-order valence-corrected chi connectivity index (χ4v) is 4.82. The lowest BCUT2D eigenvalue weighted by Crippen LogP contribution is -2.30. The van der Waals surface area contributed by atoms with Crippen molar-refractivity contribution in [1.82, 2.24) is 5.32 Å². The number of rotatable bonds is 9. The fraction of sp³-hybridized carbons (Fsp3) is 0.0645. The number of thioether (sulfide) groups is 1. The number of alkyl halides is 3. The zero-order chi connectivity index (χ0) is 31.0. The minimum absolute atomic E-state index is 0.0305. The number of halogens is 5. The Kier molecular flexibility index (Phi) is 10.5. The van der Waals surface area contributed by atoms with Crippen molar-refractivity contribution in [3.8, 4) is 0 Å². The van der Waals surface area contributed by atoms with Gasteiger partial charge in [0.1, 0.15) is 5.70 Å². The van der Waals surface area contributed by atoms with Crippen LogP contribution in [0.1, 0.15) is 21.5 Å². The van der Waals surface area contributed by atoms with Gasteiger partial charge in [-0.1, -0.05) is 59.6 Å². The predicted molar refractivity (Wildman–Crippen MR) is 164 cm³/mol. The largest absolute Gasteiger partial charge is 0.416 e. The molecule has 0 aromatic heterocycles. The van der Waals surface area contributed by atoms with E-state index >= 15 is 0 Å². The molecular weight excluding hydrogens is 622 g/mol. The van der Waals surface area contributed by atoms with Crippen molar-refractivity contribution in [2.24, 2.45) is 0 Å². The van der Waals surface area contributed by atoms with Crippen LogP contribution in [0.4, 0.5) is 24.5 Å². The molecule has 0 aliphatic carbocycles. The molecule has 4 rings (SSSR count). The van der Waals surface area contributed by atoms with Crippen LogP contribution in [0.25, 0.3) is 6.08 Å². The van der Waals surface area contributed by atoms with Crippen molar-refractivity contribution in [2.75, 3.05) is 16.4 Å². The Bertz CT molecular complexity index is 1680. The second kappa shape index (κ2) is 14.3. The fourth-order valence-electron chi connectivity index (χ4n) is 3.70. The normalized spacial score (nSPS) is 11.5. The first-order chi connectivity index (χ1) is 20.5. The molecule has 12 heteroatoms. The van der Waals surface area contributed by atoms with Gasteiger partial charge in [0, 0.05) is 21.2 Å². The SMILES string of the molecule is O=C(CSc1cccc(NC(=O)/C(=C/c2cccc(Cl)c2)NC(=O)c2ccccc2)c1)Nc1cc(C(F)(F)F)ccc1Cl. The first-order valence-corrected chi connectivity index (χ1v) is 14.3. The van der Waals surface area contributed by atoms with Gasteiger partial charge in [-0.3, -0.25) is 14.4 Å². The van der Waals surface area contributed by atoms with Crippen LogP contribution in [-0.2, 0) is 15.8 Å². The third-order valence-electron chi connectivity index (χ3n) is 5.72. The molecule has 0 bridgehead atoms. The van der Waals surface area contributed by atoms with E-state index in [1.165, 1.54) is 6.08 Å². The van der Waals surface area contributed by atoms with Gasteiger partial charge in [-0.05, 0) is 72.3 Å². The zero-order valence-electron chi connectivity index (χ0n) is 22.0.